The molecule has 1 fully saturated rings. The van der Waals surface area contributed by atoms with Crippen LogP contribution < -0.4 is 16.2 Å². The highest BCUT2D eigenvalue weighted by Gasteiger charge is 2.26. The van der Waals surface area contributed by atoms with Gasteiger partial charge in [0.1, 0.15) is 12.4 Å². The van der Waals surface area contributed by atoms with Gasteiger partial charge in [0.15, 0.2) is 0 Å². The SMILES string of the molecule is O=C(Cn1nc(C(P)P)c2c(F)c(C3CCC3)ccc2c1=O)Nc1ncc(P)cn1. The monoisotopic (exact) mass is 463 g/mol. The van der Waals surface area contributed by atoms with Gasteiger partial charge in [-0.25, -0.2) is 19.0 Å². The van der Waals surface area contributed by atoms with Crippen molar-refractivity contribution in [1.29, 1.82) is 0 Å². The Labute approximate surface area is 179 Å². The number of nitrogens with zero attached hydrogens (tertiary/aromatic N) is 4. The van der Waals surface area contributed by atoms with Crippen LogP contribution in [0.5, 0.6) is 0 Å². The van der Waals surface area contributed by atoms with E-state index in [0.717, 1.165) is 29.2 Å². The highest BCUT2D eigenvalue weighted by atomic mass is 31.1. The van der Waals surface area contributed by atoms with Gasteiger partial charge in [-0.3, -0.25) is 14.9 Å². The largest absolute Gasteiger partial charge is 0.293 e. The molecule has 0 aliphatic heterocycles. The molecule has 2 heterocycles. The average molecular weight is 463 g/mol. The Morgan fingerprint density at radius 3 is 2.57 bits per heavy atom. The van der Waals surface area contributed by atoms with Gasteiger partial charge in [-0.05, 0) is 30.4 Å². The number of carbonyl (C=O) groups is 1. The van der Waals surface area contributed by atoms with Crippen LogP contribution in [0.15, 0.2) is 29.3 Å². The fraction of sp³-hybridized carbons (Fsp3) is 0.316. The predicted octanol–water partition coefficient (Wildman–Crippen LogP) is 2.48. The van der Waals surface area contributed by atoms with Crippen LogP contribution in [0.3, 0.4) is 0 Å². The Hall–Kier alpha value is -1.87. The molecule has 1 saturated carbocycles. The summed E-state index contributed by atoms with van der Waals surface area (Å²) < 4.78 is 16.4. The maximum atomic E-state index is 15.4. The summed E-state index contributed by atoms with van der Waals surface area (Å²) in [4.78, 5) is 33.4. The molecule has 0 spiro atoms. The number of rotatable bonds is 5. The fourth-order valence-electron chi connectivity index (χ4n) is 3.46. The Morgan fingerprint density at radius 2 is 1.97 bits per heavy atom. The van der Waals surface area contributed by atoms with Crippen molar-refractivity contribution in [3.63, 3.8) is 0 Å². The lowest BCUT2D eigenvalue weighted by atomic mass is 9.79. The predicted molar refractivity (Wildman–Crippen MR) is 125 cm³/mol. The summed E-state index contributed by atoms with van der Waals surface area (Å²) in [6, 6.07) is 3.34. The quantitative estimate of drug-likeness (QED) is 0.588. The van der Waals surface area contributed by atoms with Gasteiger partial charge in [-0.2, -0.15) is 5.10 Å². The maximum Gasteiger partial charge on any atom is 0.275 e. The Kier molecular flexibility index (Phi) is 6.20. The van der Waals surface area contributed by atoms with Gasteiger partial charge in [-0.15, -0.1) is 27.7 Å². The number of amides is 1. The molecule has 3 atom stereocenters. The van der Waals surface area contributed by atoms with Crippen molar-refractivity contribution in [2.45, 2.75) is 37.1 Å². The van der Waals surface area contributed by atoms with E-state index in [-0.39, 0.29) is 40.4 Å². The molecule has 7 nitrogen and oxygen atoms in total. The molecule has 1 N–H and O–H groups in total. The summed E-state index contributed by atoms with van der Waals surface area (Å²) in [5, 5.41) is 7.79. The Morgan fingerprint density at radius 1 is 1.27 bits per heavy atom. The molecule has 0 bridgehead atoms. The molecule has 3 unspecified atom stereocenters. The van der Waals surface area contributed by atoms with Crippen LogP contribution in [0.4, 0.5) is 10.3 Å². The van der Waals surface area contributed by atoms with E-state index in [1.807, 2.05) is 0 Å². The van der Waals surface area contributed by atoms with Crippen LogP contribution in [0.25, 0.3) is 10.8 Å². The zero-order chi connectivity index (χ0) is 21.4. The molecule has 11 heteroatoms. The van der Waals surface area contributed by atoms with Crippen molar-refractivity contribution in [2.24, 2.45) is 0 Å². The summed E-state index contributed by atoms with van der Waals surface area (Å²) in [7, 11) is 7.55. The number of aromatic nitrogens is 4. The zero-order valence-electron chi connectivity index (χ0n) is 16.0. The third-order valence-corrected chi connectivity index (χ3v) is 6.13. The first-order valence-electron chi connectivity index (χ1n) is 9.47. The first kappa shape index (κ1) is 21.4. The van der Waals surface area contributed by atoms with Gasteiger partial charge >= 0.3 is 0 Å². The number of hydrogen-bond acceptors (Lipinski definition) is 5. The van der Waals surface area contributed by atoms with Gasteiger partial charge in [0.25, 0.3) is 5.56 Å². The number of hydrogen-bond donors (Lipinski definition) is 1. The number of fused-ring (bicyclic) bond motifs is 1. The van der Waals surface area contributed by atoms with Crippen LogP contribution in [-0.2, 0) is 11.3 Å². The molecule has 1 aromatic carbocycles. The van der Waals surface area contributed by atoms with E-state index < -0.39 is 11.5 Å². The lowest BCUT2D eigenvalue weighted by Crippen LogP contribution is -2.31. The van der Waals surface area contributed by atoms with Crippen molar-refractivity contribution < 1.29 is 9.18 Å². The number of anilines is 1. The second kappa shape index (κ2) is 8.70. The number of benzene rings is 1. The molecule has 156 valence electrons. The van der Waals surface area contributed by atoms with E-state index in [9.17, 15) is 9.59 Å². The smallest absolute Gasteiger partial charge is 0.275 e. The summed E-state index contributed by atoms with van der Waals surface area (Å²) in [6.45, 7) is -0.332. The third-order valence-electron chi connectivity index (χ3n) is 5.20. The third kappa shape index (κ3) is 4.14. The van der Waals surface area contributed by atoms with Gasteiger partial charge in [0, 0.05) is 28.5 Å². The Balaban J connectivity index is 1.72. The standard InChI is InChI=1S/C19H21FN5O2P3/c20-15-11(9-2-1-3-9)4-5-12-14(15)16(18(29)30)24-25(17(12)27)8-13(26)23-19-21-6-10(28)7-22-19/h4-7,9,18H,1-3,8,28-30H2,(H,21,22,23,26). The number of carbonyl (C=O) groups excluding carboxylic acids is 1. The zero-order valence-corrected chi connectivity index (χ0v) is 19.5. The fourth-order valence-corrected chi connectivity index (χ4v) is 4.08. The molecule has 1 amide bonds. The molecule has 30 heavy (non-hydrogen) atoms. The highest BCUT2D eigenvalue weighted by molar-refractivity contribution is 7.37. The van der Waals surface area contributed by atoms with E-state index in [1.165, 1.54) is 0 Å². The molecular formula is C19H21FN5O2P3. The minimum absolute atomic E-state index is 0.131. The molecule has 3 aromatic rings. The van der Waals surface area contributed by atoms with Crippen molar-refractivity contribution >= 4 is 55.7 Å². The van der Waals surface area contributed by atoms with Gasteiger partial charge in [0.2, 0.25) is 11.9 Å². The molecular weight excluding hydrogens is 442 g/mol. The lowest BCUT2D eigenvalue weighted by molar-refractivity contribution is -0.117. The summed E-state index contributed by atoms with van der Waals surface area (Å²) in [5.41, 5.74) is 0.520. The average Bonchev–Trinajstić information content (AvgIpc) is 2.66. The van der Waals surface area contributed by atoms with Gasteiger partial charge in [-0.1, -0.05) is 12.5 Å². The van der Waals surface area contributed by atoms with Crippen LogP contribution in [0, 0.1) is 5.82 Å². The molecule has 1 aliphatic carbocycles. The number of halogens is 1. The first-order chi connectivity index (χ1) is 14.3. The van der Waals surface area contributed by atoms with Gasteiger partial charge < -0.3 is 0 Å². The number of nitrogens with one attached hydrogen (secondary N) is 1. The van der Waals surface area contributed by atoms with E-state index in [0.29, 0.717) is 11.3 Å². The van der Waals surface area contributed by atoms with Crippen molar-refractivity contribution in [1.82, 2.24) is 19.7 Å². The molecule has 2 aromatic heterocycles. The molecule has 4 rings (SSSR count). The summed E-state index contributed by atoms with van der Waals surface area (Å²) in [6.07, 6.45) is 6.08. The molecule has 0 saturated heterocycles. The van der Waals surface area contributed by atoms with Crippen molar-refractivity contribution in [2.75, 3.05) is 5.32 Å². The van der Waals surface area contributed by atoms with Gasteiger partial charge in [0.05, 0.1) is 11.1 Å². The summed E-state index contributed by atoms with van der Waals surface area (Å²) in [5.74, 6) is -0.557. The maximum absolute atomic E-state index is 15.4. The second-order valence-corrected chi connectivity index (χ2v) is 10.2. The minimum Gasteiger partial charge on any atom is -0.293 e. The summed E-state index contributed by atoms with van der Waals surface area (Å²) >= 11 is 0. The van der Waals surface area contributed by atoms with Crippen molar-refractivity contribution in [3.8, 4) is 0 Å². The Bertz CT molecular complexity index is 1180. The minimum atomic E-state index is -0.514. The topological polar surface area (TPSA) is 89.8 Å². The van der Waals surface area contributed by atoms with Crippen LogP contribution in [0.2, 0.25) is 0 Å². The van der Waals surface area contributed by atoms with E-state index in [1.54, 1.807) is 24.5 Å². The van der Waals surface area contributed by atoms with Crippen molar-refractivity contribution in [3.05, 3.63) is 52.0 Å². The molecule has 1 aliphatic rings. The second-order valence-electron chi connectivity index (χ2n) is 7.28. The lowest BCUT2D eigenvalue weighted by Gasteiger charge is -2.27. The van der Waals surface area contributed by atoms with Crippen LogP contribution in [0.1, 0.15) is 41.8 Å². The van der Waals surface area contributed by atoms with Crippen LogP contribution >= 0.6 is 27.7 Å². The first-order valence-corrected chi connectivity index (χ1v) is 11.4. The van der Waals surface area contributed by atoms with E-state index >= 15 is 4.39 Å². The normalized spacial score (nSPS) is 14.2. The van der Waals surface area contributed by atoms with Crippen LogP contribution in [-0.4, -0.2) is 25.7 Å². The highest BCUT2D eigenvalue weighted by Crippen LogP contribution is 2.41. The van der Waals surface area contributed by atoms with E-state index in [4.69, 9.17) is 0 Å². The molecule has 0 radical (unpaired) electrons. The van der Waals surface area contributed by atoms with E-state index in [2.05, 4.69) is 48.1 Å².